The van der Waals surface area contributed by atoms with Crippen molar-refractivity contribution in [1.82, 2.24) is 0 Å². The van der Waals surface area contributed by atoms with Crippen LogP contribution in [0.15, 0.2) is 63.8 Å². The lowest BCUT2D eigenvalue weighted by molar-refractivity contribution is -0.122. The molecule has 27 heavy (non-hydrogen) atoms. The minimum absolute atomic E-state index is 0.0998. The second-order valence-electron chi connectivity index (χ2n) is 5.58. The molecule has 0 unspecified atom stereocenters. The topological polar surface area (TPSA) is 77.8 Å². The van der Waals surface area contributed by atoms with Crippen molar-refractivity contribution < 1.29 is 27.5 Å². The molecule has 0 bridgehead atoms. The fourth-order valence-electron chi connectivity index (χ4n) is 2.37. The van der Waals surface area contributed by atoms with E-state index in [-0.39, 0.29) is 11.4 Å². The second-order valence-corrected chi connectivity index (χ2v) is 5.58. The summed E-state index contributed by atoms with van der Waals surface area (Å²) in [7, 11) is 0. The molecule has 3 rings (SSSR count). The first-order chi connectivity index (χ1) is 12.9. The molecular weight excluding hydrogens is 360 g/mol. The summed E-state index contributed by atoms with van der Waals surface area (Å²) in [6.45, 7) is -1.51. The third kappa shape index (κ3) is 4.60. The van der Waals surface area contributed by atoms with E-state index < -0.39 is 24.2 Å². The average Bonchev–Trinajstić information content (AvgIpc) is 2.62. The summed E-state index contributed by atoms with van der Waals surface area (Å²) in [4.78, 5) is 23.6. The van der Waals surface area contributed by atoms with E-state index in [9.17, 15) is 18.4 Å². The van der Waals surface area contributed by atoms with Gasteiger partial charge in [0.05, 0.1) is 5.69 Å². The molecule has 0 saturated carbocycles. The molecule has 140 valence electrons. The predicted octanol–water partition coefficient (Wildman–Crippen LogP) is 3.80. The highest BCUT2D eigenvalue weighted by atomic mass is 19.3. The lowest BCUT2D eigenvalue weighted by Crippen LogP contribution is -2.30. The van der Waals surface area contributed by atoms with Crippen LogP contribution in [-0.4, -0.2) is 18.6 Å². The van der Waals surface area contributed by atoms with Crippen molar-refractivity contribution in [3.63, 3.8) is 0 Å². The first-order valence-electron chi connectivity index (χ1n) is 7.97. The number of carbonyl (C=O) groups excluding carboxylic acids is 1. The van der Waals surface area contributed by atoms with Gasteiger partial charge < -0.3 is 19.2 Å². The van der Waals surface area contributed by atoms with Gasteiger partial charge in [0.15, 0.2) is 6.10 Å². The number of fused-ring (bicyclic) bond motifs is 1. The number of para-hydroxylation sites is 2. The third-order valence-corrected chi connectivity index (χ3v) is 3.64. The van der Waals surface area contributed by atoms with Gasteiger partial charge in [-0.3, -0.25) is 4.79 Å². The molecular formula is C19H15F2NO5. The Morgan fingerprint density at radius 1 is 1.07 bits per heavy atom. The fourth-order valence-corrected chi connectivity index (χ4v) is 2.37. The van der Waals surface area contributed by atoms with Gasteiger partial charge in [0, 0.05) is 17.5 Å². The van der Waals surface area contributed by atoms with Crippen molar-refractivity contribution in [3.8, 4) is 11.5 Å². The van der Waals surface area contributed by atoms with Gasteiger partial charge in [-0.25, -0.2) is 4.79 Å². The van der Waals surface area contributed by atoms with Gasteiger partial charge in [-0.2, -0.15) is 8.78 Å². The molecule has 1 atom stereocenters. The number of halogens is 2. The van der Waals surface area contributed by atoms with Crippen molar-refractivity contribution >= 4 is 22.6 Å². The standard InChI is InChI=1S/C19H15F2NO5/c1-11(18(24)22-14-4-2-3-5-15(14)27-19(20)21)25-13-8-6-12-7-9-17(23)26-16(12)10-13/h2-11,19H,1H3,(H,22,24)/t11-/m0/s1. The zero-order valence-corrected chi connectivity index (χ0v) is 14.1. The SMILES string of the molecule is C[C@H](Oc1ccc2ccc(=O)oc2c1)C(=O)Nc1ccccc1OC(F)F. The molecule has 0 aliphatic rings. The third-order valence-electron chi connectivity index (χ3n) is 3.64. The summed E-state index contributed by atoms with van der Waals surface area (Å²) < 4.78 is 39.9. The zero-order chi connectivity index (χ0) is 19.4. The van der Waals surface area contributed by atoms with Crippen LogP contribution in [0, 0.1) is 0 Å². The summed E-state index contributed by atoms with van der Waals surface area (Å²) in [6.07, 6.45) is -0.947. The number of rotatable bonds is 6. The lowest BCUT2D eigenvalue weighted by atomic mass is 10.2. The number of anilines is 1. The molecule has 1 amide bonds. The molecule has 0 fully saturated rings. The fraction of sp³-hybridized carbons (Fsp3) is 0.158. The van der Waals surface area contributed by atoms with E-state index in [0.29, 0.717) is 16.7 Å². The summed E-state index contributed by atoms with van der Waals surface area (Å²) in [5.74, 6) is -0.396. The number of amides is 1. The number of nitrogens with one attached hydrogen (secondary N) is 1. The molecule has 8 heteroatoms. The van der Waals surface area contributed by atoms with Gasteiger partial charge in [0.2, 0.25) is 0 Å². The van der Waals surface area contributed by atoms with Gasteiger partial charge in [-0.15, -0.1) is 0 Å². The summed E-state index contributed by atoms with van der Waals surface area (Å²) in [5.41, 5.74) is -0.0767. The van der Waals surface area contributed by atoms with Gasteiger partial charge in [0.1, 0.15) is 17.1 Å². The highest BCUT2D eigenvalue weighted by Crippen LogP contribution is 2.26. The highest BCUT2D eigenvalue weighted by Gasteiger charge is 2.18. The first-order valence-corrected chi connectivity index (χ1v) is 7.97. The average molecular weight is 375 g/mol. The zero-order valence-electron chi connectivity index (χ0n) is 14.1. The van der Waals surface area contributed by atoms with E-state index in [4.69, 9.17) is 9.15 Å². The van der Waals surface area contributed by atoms with Gasteiger partial charge in [0.25, 0.3) is 5.91 Å². The molecule has 0 spiro atoms. The van der Waals surface area contributed by atoms with Crippen LogP contribution in [0.5, 0.6) is 11.5 Å². The number of ether oxygens (including phenoxy) is 2. The van der Waals surface area contributed by atoms with Crippen molar-refractivity contribution in [3.05, 3.63) is 65.0 Å². The summed E-state index contributed by atoms with van der Waals surface area (Å²) >= 11 is 0. The first kappa shape index (κ1) is 18.4. The highest BCUT2D eigenvalue weighted by molar-refractivity contribution is 5.95. The van der Waals surface area contributed by atoms with Crippen LogP contribution >= 0.6 is 0 Å². The molecule has 1 heterocycles. The molecule has 1 N–H and O–H groups in total. The van der Waals surface area contributed by atoms with Crippen molar-refractivity contribution in [2.45, 2.75) is 19.6 Å². The van der Waals surface area contributed by atoms with Crippen LogP contribution in [0.3, 0.4) is 0 Å². The number of benzene rings is 2. The van der Waals surface area contributed by atoms with Crippen molar-refractivity contribution in [2.24, 2.45) is 0 Å². The largest absolute Gasteiger partial charge is 0.481 e. The Balaban J connectivity index is 1.72. The molecule has 0 aliphatic carbocycles. The molecule has 0 aliphatic heterocycles. The molecule has 1 aromatic heterocycles. The minimum Gasteiger partial charge on any atom is -0.481 e. The normalized spacial score (nSPS) is 12.0. The van der Waals surface area contributed by atoms with E-state index in [0.717, 1.165) is 0 Å². The molecule has 2 aromatic carbocycles. The molecule has 0 radical (unpaired) electrons. The van der Waals surface area contributed by atoms with Crippen molar-refractivity contribution in [2.75, 3.05) is 5.32 Å². The molecule has 6 nitrogen and oxygen atoms in total. The van der Waals surface area contributed by atoms with Gasteiger partial charge in [-0.1, -0.05) is 12.1 Å². The summed E-state index contributed by atoms with van der Waals surface area (Å²) in [5, 5.41) is 3.19. The maximum absolute atomic E-state index is 12.4. The van der Waals surface area contributed by atoms with Crippen LogP contribution in [0.1, 0.15) is 6.92 Å². The Bertz CT molecular complexity index is 1020. The van der Waals surface area contributed by atoms with E-state index in [1.807, 2.05) is 0 Å². The number of alkyl halides is 2. The minimum atomic E-state index is -3.01. The van der Waals surface area contributed by atoms with Crippen LogP contribution < -0.4 is 20.4 Å². The Morgan fingerprint density at radius 2 is 1.81 bits per heavy atom. The second kappa shape index (κ2) is 7.86. The van der Waals surface area contributed by atoms with E-state index in [2.05, 4.69) is 10.1 Å². The predicted molar refractivity (Wildman–Crippen MR) is 94.3 cm³/mol. The molecule has 3 aromatic rings. The number of hydrogen-bond donors (Lipinski definition) is 1. The Labute approximate surface area is 152 Å². The summed E-state index contributed by atoms with van der Waals surface area (Å²) in [6, 6.07) is 13.6. The Hall–Kier alpha value is -3.42. The lowest BCUT2D eigenvalue weighted by Gasteiger charge is -2.16. The van der Waals surface area contributed by atoms with Crippen molar-refractivity contribution in [1.29, 1.82) is 0 Å². The smallest absolute Gasteiger partial charge is 0.387 e. The molecule has 0 saturated heterocycles. The monoisotopic (exact) mass is 375 g/mol. The quantitative estimate of drug-likeness (QED) is 0.663. The van der Waals surface area contributed by atoms with Crippen LogP contribution in [0.25, 0.3) is 11.0 Å². The van der Waals surface area contributed by atoms with Crippen LogP contribution in [0.2, 0.25) is 0 Å². The van der Waals surface area contributed by atoms with E-state index >= 15 is 0 Å². The van der Waals surface area contributed by atoms with Gasteiger partial charge >= 0.3 is 12.2 Å². The van der Waals surface area contributed by atoms with E-state index in [1.54, 1.807) is 24.3 Å². The maximum atomic E-state index is 12.4. The Morgan fingerprint density at radius 3 is 2.59 bits per heavy atom. The van der Waals surface area contributed by atoms with E-state index in [1.165, 1.54) is 37.3 Å². The van der Waals surface area contributed by atoms with Crippen LogP contribution in [-0.2, 0) is 4.79 Å². The van der Waals surface area contributed by atoms with Gasteiger partial charge in [-0.05, 0) is 37.3 Å². The number of hydrogen-bond acceptors (Lipinski definition) is 5. The van der Waals surface area contributed by atoms with Crippen LogP contribution in [0.4, 0.5) is 14.5 Å². The maximum Gasteiger partial charge on any atom is 0.387 e. The number of carbonyl (C=O) groups is 1. The Kier molecular flexibility index (Phi) is 5.35.